The summed E-state index contributed by atoms with van der Waals surface area (Å²) in [6.07, 6.45) is 1.14. The number of esters is 1. The Bertz CT molecular complexity index is 1070. The normalized spacial score (nSPS) is 11.4. The SMILES string of the molecule is CCOC(=O)c1cc(-c2ccc(Cl)cc2)nn1-c1ccc(S(C)(=O)=O)cc1. The molecule has 0 saturated heterocycles. The molecule has 140 valence electrons. The average molecular weight is 405 g/mol. The molecule has 0 N–H and O–H groups in total. The lowest BCUT2D eigenvalue weighted by Gasteiger charge is -2.07. The highest BCUT2D eigenvalue weighted by Gasteiger charge is 2.19. The van der Waals surface area contributed by atoms with Crippen LogP contribution in [-0.4, -0.2) is 37.0 Å². The highest BCUT2D eigenvalue weighted by atomic mass is 35.5. The molecule has 0 bridgehead atoms. The maximum absolute atomic E-state index is 12.4. The number of carbonyl (C=O) groups excluding carboxylic acids is 1. The summed E-state index contributed by atoms with van der Waals surface area (Å²) in [6, 6.07) is 14.8. The zero-order valence-electron chi connectivity index (χ0n) is 14.7. The molecule has 2 aromatic carbocycles. The quantitative estimate of drug-likeness (QED) is 0.605. The first-order valence-electron chi connectivity index (χ1n) is 8.13. The zero-order valence-corrected chi connectivity index (χ0v) is 16.3. The topological polar surface area (TPSA) is 78.3 Å². The highest BCUT2D eigenvalue weighted by molar-refractivity contribution is 7.90. The van der Waals surface area contributed by atoms with Crippen molar-refractivity contribution in [2.45, 2.75) is 11.8 Å². The van der Waals surface area contributed by atoms with E-state index >= 15 is 0 Å². The van der Waals surface area contributed by atoms with Crippen LogP contribution in [0.25, 0.3) is 16.9 Å². The van der Waals surface area contributed by atoms with Crippen LogP contribution >= 0.6 is 11.6 Å². The fraction of sp³-hybridized carbons (Fsp3) is 0.158. The molecule has 3 rings (SSSR count). The molecule has 0 atom stereocenters. The second-order valence-electron chi connectivity index (χ2n) is 5.82. The van der Waals surface area contributed by atoms with Crippen LogP contribution in [0.3, 0.4) is 0 Å². The van der Waals surface area contributed by atoms with E-state index in [2.05, 4.69) is 5.10 Å². The molecule has 0 aliphatic heterocycles. The number of rotatable bonds is 5. The Balaban J connectivity index is 2.09. The molecule has 6 nitrogen and oxygen atoms in total. The molecule has 0 unspecified atom stereocenters. The standard InChI is InChI=1S/C19H17ClN2O4S/c1-3-26-19(23)18-12-17(13-4-6-14(20)7-5-13)21-22(18)15-8-10-16(11-9-15)27(2,24)25/h4-12H,3H2,1-2H3. The van der Waals surface area contributed by atoms with Crippen LogP contribution in [0.5, 0.6) is 0 Å². The monoisotopic (exact) mass is 404 g/mol. The summed E-state index contributed by atoms with van der Waals surface area (Å²) in [4.78, 5) is 12.6. The molecule has 1 heterocycles. The summed E-state index contributed by atoms with van der Waals surface area (Å²) < 4.78 is 29.9. The predicted octanol–water partition coefficient (Wildman–Crippen LogP) is 3.77. The highest BCUT2D eigenvalue weighted by Crippen LogP contribution is 2.24. The average Bonchev–Trinajstić information content (AvgIpc) is 3.07. The molecule has 0 amide bonds. The summed E-state index contributed by atoms with van der Waals surface area (Å²) >= 11 is 5.93. The Kier molecular flexibility index (Phi) is 5.34. The van der Waals surface area contributed by atoms with Gasteiger partial charge < -0.3 is 4.74 Å². The van der Waals surface area contributed by atoms with Crippen LogP contribution in [0.15, 0.2) is 59.5 Å². The lowest BCUT2D eigenvalue weighted by molar-refractivity contribution is 0.0515. The molecule has 0 radical (unpaired) electrons. The number of hydrogen-bond donors (Lipinski definition) is 0. The third-order valence-corrected chi connectivity index (χ3v) is 5.22. The number of nitrogens with zero attached hydrogens (tertiary/aromatic N) is 2. The molecular weight excluding hydrogens is 388 g/mol. The Morgan fingerprint density at radius 2 is 1.74 bits per heavy atom. The molecular formula is C19H17ClN2O4S. The third kappa shape index (κ3) is 4.20. The minimum Gasteiger partial charge on any atom is -0.461 e. The number of sulfone groups is 1. The Labute approximate surface area is 162 Å². The Hall–Kier alpha value is -2.64. The van der Waals surface area contributed by atoms with Gasteiger partial charge in [0, 0.05) is 16.8 Å². The second kappa shape index (κ2) is 7.54. The maximum atomic E-state index is 12.4. The van der Waals surface area contributed by atoms with Crippen molar-refractivity contribution in [1.82, 2.24) is 9.78 Å². The van der Waals surface area contributed by atoms with Gasteiger partial charge in [0.05, 0.1) is 22.9 Å². The predicted molar refractivity (Wildman–Crippen MR) is 103 cm³/mol. The second-order valence-corrected chi connectivity index (χ2v) is 8.27. The Morgan fingerprint density at radius 1 is 1.11 bits per heavy atom. The third-order valence-electron chi connectivity index (χ3n) is 3.84. The Morgan fingerprint density at radius 3 is 2.30 bits per heavy atom. The van der Waals surface area contributed by atoms with Crippen molar-refractivity contribution < 1.29 is 17.9 Å². The van der Waals surface area contributed by atoms with Gasteiger partial charge in [0.15, 0.2) is 15.5 Å². The van der Waals surface area contributed by atoms with Crippen LogP contribution in [0.4, 0.5) is 0 Å². The lowest BCUT2D eigenvalue weighted by Crippen LogP contribution is -2.12. The molecule has 0 aliphatic carbocycles. The van der Waals surface area contributed by atoms with Crippen LogP contribution in [0.2, 0.25) is 5.02 Å². The molecule has 0 aliphatic rings. The van der Waals surface area contributed by atoms with Crippen LogP contribution in [0.1, 0.15) is 17.4 Å². The van der Waals surface area contributed by atoms with Gasteiger partial charge in [-0.3, -0.25) is 0 Å². The van der Waals surface area contributed by atoms with E-state index in [9.17, 15) is 13.2 Å². The molecule has 8 heteroatoms. The largest absolute Gasteiger partial charge is 0.461 e. The zero-order chi connectivity index (χ0) is 19.6. The van der Waals surface area contributed by atoms with Crippen molar-refractivity contribution in [1.29, 1.82) is 0 Å². The van der Waals surface area contributed by atoms with Crippen molar-refractivity contribution in [3.8, 4) is 16.9 Å². The molecule has 0 saturated carbocycles. The summed E-state index contributed by atoms with van der Waals surface area (Å²) in [5.41, 5.74) is 2.15. The first-order chi connectivity index (χ1) is 12.8. The van der Waals surface area contributed by atoms with Gasteiger partial charge in [0.25, 0.3) is 0 Å². The van der Waals surface area contributed by atoms with Gasteiger partial charge >= 0.3 is 5.97 Å². The molecule has 3 aromatic rings. The number of aromatic nitrogens is 2. The van der Waals surface area contributed by atoms with Crippen molar-refractivity contribution in [2.24, 2.45) is 0 Å². The van der Waals surface area contributed by atoms with Gasteiger partial charge in [-0.1, -0.05) is 23.7 Å². The minimum atomic E-state index is -3.31. The van der Waals surface area contributed by atoms with E-state index in [1.165, 1.54) is 16.8 Å². The van der Waals surface area contributed by atoms with Gasteiger partial charge in [-0.25, -0.2) is 17.9 Å². The first-order valence-corrected chi connectivity index (χ1v) is 10.4. The van der Waals surface area contributed by atoms with E-state index in [0.717, 1.165) is 11.8 Å². The van der Waals surface area contributed by atoms with Crippen LogP contribution in [-0.2, 0) is 14.6 Å². The van der Waals surface area contributed by atoms with Crippen LogP contribution < -0.4 is 0 Å². The lowest BCUT2D eigenvalue weighted by atomic mass is 10.1. The van der Waals surface area contributed by atoms with Crippen molar-refractivity contribution in [2.75, 3.05) is 12.9 Å². The minimum absolute atomic E-state index is 0.189. The van der Waals surface area contributed by atoms with Gasteiger partial charge in [0.1, 0.15) is 0 Å². The van der Waals surface area contributed by atoms with E-state index in [1.54, 1.807) is 49.4 Å². The number of hydrogen-bond acceptors (Lipinski definition) is 5. The number of halogens is 1. The summed E-state index contributed by atoms with van der Waals surface area (Å²) in [6.45, 7) is 1.95. The molecule has 1 aromatic heterocycles. The van der Waals surface area contributed by atoms with Gasteiger partial charge in [0.2, 0.25) is 0 Å². The van der Waals surface area contributed by atoms with E-state index in [-0.39, 0.29) is 17.2 Å². The molecule has 0 spiro atoms. The van der Waals surface area contributed by atoms with E-state index in [4.69, 9.17) is 16.3 Å². The van der Waals surface area contributed by atoms with Crippen molar-refractivity contribution >= 4 is 27.4 Å². The number of carbonyl (C=O) groups is 1. The van der Waals surface area contributed by atoms with Crippen LogP contribution in [0, 0.1) is 0 Å². The van der Waals surface area contributed by atoms with Gasteiger partial charge in [-0.15, -0.1) is 0 Å². The van der Waals surface area contributed by atoms with E-state index in [0.29, 0.717) is 16.4 Å². The summed E-state index contributed by atoms with van der Waals surface area (Å²) in [7, 11) is -3.31. The fourth-order valence-corrected chi connectivity index (χ4v) is 3.28. The summed E-state index contributed by atoms with van der Waals surface area (Å²) in [5, 5.41) is 5.10. The van der Waals surface area contributed by atoms with E-state index in [1.807, 2.05) is 0 Å². The fourth-order valence-electron chi connectivity index (χ4n) is 2.52. The first kappa shape index (κ1) is 19.1. The smallest absolute Gasteiger partial charge is 0.357 e. The van der Waals surface area contributed by atoms with Gasteiger partial charge in [-0.2, -0.15) is 5.10 Å². The molecule has 0 fully saturated rings. The number of benzene rings is 2. The molecule has 27 heavy (non-hydrogen) atoms. The van der Waals surface area contributed by atoms with E-state index < -0.39 is 15.8 Å². The van der Waals surface area contributed by atoms with Crippen molar-refractivity contribution in [3.63, 3.8) is 0 Å². The number of ether oxygens (including phenoxy) is 1. The maximum Gasteiger partial charge on any atom is 0.357 e. The van der Waals surface area contributed by atoms with Crippen molar-refractivity contribution in [3.05, 3.63) is 65.3 Å². The summed E-state index contributed by atoms with van der Waals surface area (Å²) in [5.74, 6) is -0.516. The van der Waals surface area contributed by atoms with Gasteiger partial charge in [-0.05, 0) is 49.4 Å².